The topological polar surface area (TPSA) is 53.5 Å². The number of halogens is 1. The molecule has 1 saturated heterocycles. The van der Waals surface area contributed by atoms with Gasteiger partial charge in [0.05, 0.1) is 10.6 Å². The smallest absolute Gasteiger partial charge is 0.242 e. The molecule has 0 N–H and O–H groups in total. The van der Waals surface area contributed by atoms with Gasteiger partial charge in [0.1, 0.15) is 0 Å². The molecular weight excluding hydrogens is 353 g/mol. The number of hydrogen-bond donors (Lipinski definition) is 0. The molecule has 26 heavy (non-hydrogen) atoms. The molecule has 7 heteroatoms. The van der Waals surface area contributed by atoms with Gasteiger partial charge in [-0.15, -0.1) is 0 Å². The van der Waals surface area contributed by atoms with Crippen LogP contribution in [0.3, 0.4) is 0 Å². The molecule has 2 aromatic rings. The van der Waals surface area contributed by atoms with E-state index >= 15 is 4.39 Å². The number of sulfonamides is 1. The van der Waals surface area contributed by atoms with Gasteiger partial charge in [-0.25, -0.2) is 17.1 Å². The van der Waals surface area contributed by atoms with Crippen LogP contribution in [-0.4, -0.2) is 49.8 Å². The fourth-order valence-electron chi connectivity index (χ4n) is 3.22. The minimum Gasteiger partial charge on any atom is -0.299 e. The van der Waals surface area contributed by atoms with Gasteiger partial charge in [-0.2, -0.15) is 0 Å². The number of alkyl halides is 1. The maximum absolute atomic E-state index is 15.2. The second kappa shape index (κ2) is 7.42. The fourth-order valence-corrected chi connectivity index (χ4v) is 4.20. The normalized spacial score (nSPS) is 18.2. The molecule has 1 aliphatic heterocycles. The maximum atomic E-state index is 15.2. The van der Waals surface area contributed by atoms with Crippen LogP contribution in [-0.2, 0) is 22.2 Å². The number of nitrogens with zero attached hydrogens (tertiary/aromatic N) is 3. The summed E-state index contributed by atoms with van der Waals surface area (Å²) in [7, 11) is -0.410. The first kappa shape index (κ1) is 18.9. The van der Waals surface area contributed by atoms with Crippen LogP contribution < -0.4 is 0 Å². The molecule has 0 saturated carbocycles. The van der Waals surface area contributed by atoms with E-state index < -0.39 is 15.7 Å². The lowest BCUT2D eigenvalue weighted by molar-refractivity contribution is 0.0490. The lowest BCUT2D eigenvalue weighted by Crippen LogP contribution is -2.40. The zero-order valence-electron chi connectivity index (χ0n) is 15.1. The Balaban J connectivity index is 1.67. The van der Waals surface area contributed by atoms with Crippen molar-refractivity contribution in [3.05, 3.63) is 59.9 Å². The van der Waals surface area contributed by atoms with Gasteiger partial charge in [-0.05, 0) is 42.7 Å². The SMILES string of the molecule is CN(C)S(=O)(=O)c1cccc(CN2CCC(F)(c3ccccn3)CC2)c1. The van der Waals surface area contributed by atoms with Crippen molar-refractivity contribution >= 4 is 10.0 Å². The lowest BCUT2D eigenvalue weighted by atomic mass is 9.89. The third-order valence-corrected chi connectivity index (χ3v) is 6.67. The summed E-state index contributed by atoms with van der Waals surface area (Å²) in [5.74, 6) is 0. The highest BCUT2D eigenvalue weighted by molar-refractivity contribution is 7.89. The van der Waals surface area contributed by atoms with Crippen LogP contribution in [0.15, 0.2) is 53.6 Å². The van der Waals surface area contributed by atoms with Gasteiger partial charge in [0.25, 0.3) is 0 Å². The van der Waals surface area contributed by atoms with E-state index in [-0.39, 0.29) is 4.90 Å². The molecule has 0 bridgehead atoms. The highest BCUT2D eigenvalue weighted by atomic mass is 32.2. The Bertz CT molecular complexity index is 848. The van der Waals surface area contributed by atoms with E-state index in [1.165, 1.54) is 18.4 Å². The number of likely N-dealkylation sites (tertiary alicyclic amines) is 1. The summed E-state index contributed by atoms with van der Waals surface area (Å²) in [6, 6.07) is 12.3. The third kappa shape index (κ3) is 3.95. The van der Waals surface area contributed by atoms with Crippen LogP contribution in [0.25, 0.3) is 0 Å². The van der Waals surface area contributed by atoms with Gasteiger partial charge in [0.15, 0.2) is 5.67 Å². The number of hydrogen-bond acceptors (Lipinski definition) is 4. The Morgan fingerprint density at radius 3 is 2.50 bits per heavy atom. The van der Waals surface area contributed by atoms with Gasteiger partial charge in [0.2, 0.25) is 10.0 Å². The zero-order valence-corrected chi connectivity index (χ0v) is 15.9. The first-order valence-corrected chi connectivity index (χ1v) is 10.1. The van der Waals surface area contributed by atoms with Crippen LogP contribution in [0.5, 0.6) is 0 Å². The third-order valence-electron chi connectivity index (χ3n) is 4.86. The first-order chi connectivity index (χ1) is 12.3. The molecule has 1 aliphatic rings. The van der Waals surface area contributed by atoms with Gasteiger partial charge in [0, 0.05) is 39.9 Å². The summed E-state index contributed by atoms with van der Waals surface area (Å²) in [4.78, 5) is 6.61. The number of rotatable bonds is 5. The summed E-state index contributed by atoms with van der Waals surface area (Å²) >= 11 is 0. The van der Waals surface area contributed by atoms with E-state index in [0.29, 0.717) is 38.2 Å². The van der Waals surface area contributed by atoms with Crippen molar-refractivity contribution in [2.24, 2.45) is 0 Å². The van der Waals surface area contributed by atoms with Crippen molar-refractivity contribution in [1.29, 1.82) is 0 Å². The van der Waals surface area contributed by atoms with E-state index in [2.05, 4.69) is 9.88 Å². The molecule has 1 fully saturated rings. The number of piperidine rings is 1. The van der Waals surface area contributed by atoms with E-state index in [1.54, 1.807) is 36.5 Å². The Morgan fingerprint density at radius 2 is 1.88 bits per heavy atom. The molecule has 1 aromatic heterocycles. The molecule has 0 radical (unpaired) electrons. The largest absolute Gasteiger partial charge is 0.299 e. The van der Waals surface area contributed by atoms with E-state index in [0.717, 1.165) is 5.56 Å². The molecule has 0 atom stereocenters. The van der Waals surface area contributed by atoms with Gasteiger partial charge in [-0.3, -0.25) is 9.88 Å². The van der Waals surface area contributed by atoms with Gasteiger partial charge >= 0.3 is 0 Å². The summed E-state index contributed by atoms with van der Waals surface area (Å²) < 4.78 is 40.9. The summed E-state index contributed by atoms with van der Waals surface area (Å²) in [6.07, 6.45) is 2.40. The minimum absolute atomic E-state index is 0.283. The van der Waals surface area contributed by atoms with Crippen molar-refractivity contribution in [3.8, 4) is 0 Å². The quantitative estimate of drug-likeness (QED) is 0.804. The van der Waals surface area contributed by atoms with Crippen LogP contribution >= 0.6 is 0 Å². The van der Waals surface area contributed by atoms with Crippen LogP contribution in [0.2, 0.25) is 0 Å². The highest BCUT2D eigenvalue weighted by Crippen LogP contribution is 2.36. The van der Waals surface area contributed by atoms with Crippen molar-refractivity contribution in [3.63, 3.8) is 0 Å². The lowest BCUT2D eigenvalue weighted by Gasteiger charge is -2.36. The molecule has 140 valence electrons. The average Bonchev–Trinajstić information content (AvgIpc) is 2.65. The summed E-state index contributed by atoms with van der Waals surface area (Å²) in [5, 5.41) is 0. The maximum Gasteiger partial charge on any atom is 0.242 e. The predicted molar refractivity (Wildman–Crippen MR) is 98.8 cm³/mol. The molecule has 0 unspecified atom stereocenters. The average molecular weight is 377 g/mol. The second-order valence-electron chi connectivity index (χ2n) is 6.89. The molecule has 0 aliphatic carbocycles. The van der Waals surface area contributed by atoms with Gasteiger partial charge in [-0.1, -0.05) is 18.2 Å². The van der Waals surface area contributed by atoms with Crippen molar-refractivity contribution in [1.82, 2.24) is 14.2 Å². The van der Waals surface area contributed by atoms with Crippen molar-refractivity contribution in [2.45, 2.75) is 30.0 Å². The molecule has 3 rings (SSSR count). The Hall–Kier alpha value is -1.83. The van der Waals surface area contributed by atoms with Gasteiger partial charge < -0.3 is 0 Å². The number of benzene rings is 1. The Morgan fingerprint density at radius 1 is 1.15 bits per heavy atom. The molecule has 2 heterocycles. The molecule has 5 nitrogen and oxygen atoms in total. The zero-order chi connectivity index (χ0) is 18.8. The Kier molecular flexibility index (Phi) is 5.41. The van der Waals surface area contributed by atoms with E-state index in [4.69, 9.17) is 0 Å². The summed E-state index contributed by atoms with van der Waals surface area (Å²) in [5.41, 5.74) is 0.0317. The fraction of sp³-hybridized carbons (Fsp3) is 0.421. The molecule has 0 amide bonds. The monoisotopic (exact) mass is 377 g/mol. The molecular formula is C19H24FN3O2S. The van der Waals surface area contributed by atoms with Crippen LogP contribution in [0, 0.1) is 0 Å². The second-order valence-corrected chi connectivity index (χ2v) is 9.04. The first-order valence-electron chi connectivity index (χ1n) is 8.65. The molecule has 0 spiro atoms. The highest BCUT2D eigenvalue weighted by Gasteiger charge is 2.37. The van der Waals surface area contributed by atoms with E-state index in [1.807, 2.05) is 12.1 Å². The Labute approximate surface area is 154 Å². The number of pyridine rings is 1. The van der Waals surface area contributed by atoms with Crippen molar-refractivity contribution in [2.75, 3.05) is 27.2 Å². The predicted octanol–water partition coefficient (Wildman–Crippen LogP) is 2.79. The summed E-state index contributed by atoms with van der Waals surface area (Å²) in [6.45, 7) is 1.82. The number of aromatic nitrogens is 1. The standard InChI is InChI=1S/C19H24FN3O2S/c1-22(2)26(24,25)17-7-5-6-16(14-17)15-23-12-9-19(20,10-13-23)18-8-3-4-11-21-18/h3-8,11,14H,9-10,12-13,15H2,1-2H3. The van der Waals surface area contributed by atoms with E-state index in [9.17, 15) is 8.42 Å². The minimum atomic E-state index is -3.45. The van der Waals surface area contributed by atoms with Crippen LogP contribution in [0.1, 0.15) is 24.1 Å². The van der Waals surface area contributed by atoms with Crippen molar-refractivity contribution < 1.29 is 12.8 Å². The van der Waals surface area contributed by atoms with Crippen LogP contribution in [0.4, 0.5) is 4.39 Å². The molecule has 1 aromatic carbocycles.